The maximum atomic E-state index is 11.2. The van der Waals surface area contributed by atoms with Gasteiger partial charge in [0, 0.05) is 6.54 Å². The van der Waals surface area contributed by atoms with Gasteiger partial charge in [-0.2, -0.15) is 0 Å². The van der Waals surface area contributed by atoms with Crippen LogP contribution in [0.25, 0.3) is 11.0 Å². The lowest BCUT2D eigenvalue weighted by atomic mass is 10.1. The summed E-state index contributed by atoms with van der Waals surface area (Å²) >= 11 is 0. The van der Waals surface area contributed by atoms with Crippen molar-refractivity contribution >= 4 is 17.0 Å². The lowest BCUT2D eigenvalue weighted by Crippen LogP contribution is -2.40. The first-order valence-corrected chi connectivity index (χ1v) is 6.95. The highest BCUT2D eigenvalue weighted by atomic mass is 16.4. The van der Waals surface area contributed by atoms with Gasteiger partial charge in [0.1, 0.15) is 11.9 Å². The summed E-state index contributed by atoms with van der Waals surface area (Å²) in [6.45, 7) is 7.13. The molecule has 0 aliphatic carbocycles. The van der Waals surface area contributed by atoms with Crippen LogP contribution in [-0.4, -0.2) is 26.7 Å². The number of rotatable bonds is 6. The predicted molar refractivity (Wildman–Crippen MR) is 78.5 cm³/mol. The van der Waals surface area contributed by atoms with Crippen molar-refractivity contribution in [2.45, 2.75) is 39.9 Å². The van der Waals surface area contributed by atoms with Crippen LogP contribution >= 0.6 is 0 Å². The van der Waals surface area contributed by atoms with E-state index in [1.807, 2.05) is 38.1 Å². The van der Waals surface area contributed by atoms with E-state index in [0.717, 1.165) is 23.4 Å². The van der Waals surface area contributed by atoms with Crippen LogP contribution in [-0.2, 0) is 17.9 Å². The molecule has 0 spiro atoms. The molecule has 20 heavy (non-hydrogen) atoms. The Balaban J connectivity index is 2.23. The molecule has 0 aliphatic heterocycles. The van der Waals surface area contributed by atoms with Crippen molar-refractivity contribution in [3.8, 4) is 0 Å². The molecule has 108 valence electrons. The van der Waals surface area contributed by atoms with Crippen LogP contribution in [0.3, 0.4) is 0 Å². The molecular weight excluding hydrogens is 254 g/mol. The van der Waals surface area contributed by atoms with Crippen molar-refractivity contribution in [1.82, 2.24) is 14.9 Å². The smallest absolute Gasteiger partial charge is 0.320 e. The van der Waals surface area contributed by atoms with Crippen molar-refractivity contribution in [2.24, 2.45) is 5.92 Å². The topological polar surface area (TPSA) is 67.2 Å². The van der Waals surface area contributed by atoms with Gasteiger partial charge in [-0.1, -0.05) is 26.0 Å². The highest BCUT2D eigenvalue weighted by molar-refractivity contribution is 5.76. The molecule has 0 amide bonds. The Labute approximate surface area is 118 Å². The molecule has 0 saturated heterocycles. The fraction of sp³-hybridized carbons (Fsp3) is 0.467. The van der Waals surface area contributed by atoms with Crippen LogP contribution < -0.4 is 5.32 Å². The Morgan fingerprint density at radius 1 is 1.40 bits per heavy atom. The van der Waals surface area contributed by atoms with Gasteiger partial charge in [-0.05, 0) is 25.0 Å². The van der Waals surface area contributed by atoms with Gasteiger partial charge in [0.15, 0.2) is 0 Å². The molecule has 1 aromatic carbocycles. The number of imidazole rings is 1. The highest BCUT2D eigenvalue weighted by Crippen LogP contribution is 2.16. The highest BCUT2D eigenvalue weighted by Gasteiger charge is 2.21. The molecule has 2 rings (SSSR count). The molecule has 1 heterocycles. The number of aliphatic carboxylic acids is 1. The molecular formula is C15H21N3O2. The van der Waals surface area contributed by atoms with Crippen LogP contribution in [0, 0.1) is 5.92 Å². The van der Waals surface area contributed by atoms with E-state index in [1.165, 1.54) is 0 Å². The largest absolute Gasteiger partial charge is 0.480 e. The molecule has 5 nitrogen and oxygen atoms in total. The molecule has 2 aromatic rings. The third-order valence-corrected chi connectivity index (χ3v) is 3.46. The predicted octanol–water partition coefficient (Wildman–Crippen LogP) is 2.25. The summed E-state index contributed by atoms with van der Waals surface area (Å²) in [7, 11) is 0. The van der Waals surface area contributed by atoms with E-state index in [1.54, 1.807) is 0 Å². The summed E-state index contributed by atoms with van der Waals surface area (Å²) in [4.78, 5) is 15.8. The SMILES string of the molecule is CCn1c(CNC(C(=O)O)C(C)C)nc2ccccc21. The quantitative estimate of drug-likeness (QED) is 0.848. The average molecular weight is 275 g/mol. The van der Waals surface area contributed by atoms with Crippen LogP contribution in [0.2, 0.25) is 0 Å². The van der Waals surface area contributed by atoms with E-state index in [9.17, 15) is 9.90 Å². The lowest BCUT2D eigenvalue weighted by molar-refractivity contribution is -0.140. The summed E-state index contributed by atoms with van der Waals surface area (Å²) in [6, 6.07) is 7.40. The zero-order valence-corrected chi connectivity index (χ0v) is 12.1. The number of para-hydroxylation sites is 2. The van der Waals surface area contributed by atoms with Crippen LogP contribution in [0.15, 0.2) is 24.3 Å². The van der Waals surface area contributed by atoms with Gasteiger partial charge in [-0.3, -0.25) is 10.1 Å². The molecule has 1 unspecified atom stereocenters. The first kappa shape index (κ1) is 14.5. The number of carbonyl (C=O) groups is 1. The summed E-state index contributed by atoms with van der Waals surface area (Å²) in [5.74, 6) is 0.0896. The average Bonchev–Trinajstić information content (AvgIpc) is 2.75. The van der Waals surface area contributed by atoms with Crippen molar-refractivity contribution in [1.29, 1.82) is 0 Å². The zero-order chi connectivity index (χ0) is 14.7. The number of carboxylic acid groups (broad SMARTS) is 1. The Morgan fingerprint density at radius 3 is 2.70 bits per heavy atom. The zero-order valence-electron chi connectivity index (χ0n) is 12.1. The number of benzene rings is 1. The second-order valence-corrected chi connectivity index (χ2v) is 5.20. The van der Waals surface area contributed by atoms with E-state index in [-0.39, 0.29) is 5.92 Å². The molecule has 0 bridgehead atoms. The number of carboxylic acids is 1. The summed E-state index contributed by atoms with van der Waals surface area (Å²) in [5, 5.41) is 12.3. The third kappa shape index (κ3) is 2.82. The normalized spacial score (nSPS) is 13.0. The second-order valence-electron chi connectivity index (χ2n) is 5.20. The number of nitrogens with zero attached hydrogens (tertiary/aromatic N) is 2. The van der Waals surface area contributed by atoms with Crippen LogP contribution in [0.1, 0.15) is 26.6 Å². The van der Waals surface area contributed by atoms with E-state index >= 15 is 0 Å². The molecule has 1 atom stereocenters. The molecule has 0 radical (unpaired) electrons. The number of aryl methyl sites for hydroxylation is 1. The van der Waals surface area contributed by atoms with E-state index in [4.69, 9.17) is 0 Å². The minimum Gasteiger partial charge on any atom is -0.480 e. The number of hydrogen-bond donors (Lipinski definition) is 2. The molecule has 2 N–H and O–H groups in total. The van der Waals surface area contributed by atoms with E-state index in [2.05, 4.69) is 21.8 Å². The fourth-order valence-electron chi connectivity index (χ4n) is 2.42. The molecule has 0 fully saturated rings. The van der Waals surface area contributed by atoms with Crippen molar-refractivity contribution in [2.75, 3.05) is 0 Å². The van der Waals surface area contributed by atoms with Crippen molar-refractivity contribution < 1.29 is 9.90 Å². The van der Waals surface area contributed by atoms with E-state index < -0.39 is 12.0 Å². The molecule has 0 aliphatic rings. The fourth-order valence-corrected chi connectivity index (χ4v) is 2.42. The van der Waals surface area contributed by atoms with Gasteiger partial charge in [0.05, 0.1) is 17.6 Å². The maximum Gasteiger partial charge on any atom is 0.320 e. The van der Waals surface area contributed by atoms with Crippen LogP contribution in [0.4, 0.5) is 0 Å². The van der Waals surface area contributed by atoms with Gasteiger partial charge in [0.2, 0.25) is 0 Å². The number of nitrogens with one attached hydrogen (secondary N) is 1. The number of hydrogen-bond acceptors (Lipinski definition) is 3. The Kier molecular flexibility index (Phi) is 4.39. The summed E-state index contributed by atoms with van der Waals surface area (Å²) in [5.41, 5.74) is 2.03. The van der Waals surface area contributed by atoms with Crippen molar-refractivity contribution in [3.05, 3.63) is 30.1 Å². The van der Waals surface area contributed by atoms with Gasteiger partial charge in [-0.25, -0.2) is 4.98 Å². The van der Waals surface area contributed by atoms with Gasteiger partial charge >= 0.3 is 5.97 Å². The minimum absolute atomic E-state index is 0.0342. The standard InChI is InChI=1S/C15H21N3O2/c1-4-18-12-8-6-5-7-11(12)17-13(18)9-16-14(10(2)3)15(19)20/h5-8,10,14,16H,4,9H2,1-3H3,(H,19,20). The van der Waals surface area contributed by atoms with Crippen LogP contribution in [0.5, 0.6) is 0 Å². The monoisotopic (exact) mass is 275 g/mol. The second kappa shape index (κ2) is 6.05. The number of fused-ring (bicyclic) bond motifs is 1. The minimum atomic E-state index is -0.820. The Bertz CT molecular complexity index is 604. The van der Waals surface area contributed by atoms with Gasteiger partial charge < -0.3 is 9.67 Å². The molecule has 1 aromatic heterocycles. The summed E-state index contributed by atoms with van der Waals surface area (Å²) < 4.78 is 2.11. The van der Waals surface area contributed by atoms with Gasteiger partial charge in [-0.15, -0.1) is 0 Å². The summed E-state index contributed by atoms with van der Waals surface area (Å²) in [6.07, 6.45) is 0. The first-order valence-electron chi connectivity index (χ1n) is 6.95. The Morgan fingerprint density at radius 2 is 2.10 bits per heavy atom. The molecule has 0 saturated carbocycles. The molecule has 5 heteroatoms. The Hall–Kier alpha value is -1.88. The van der Waals surface area contributed by atoms with Gasteiger partial charge in [0.25, 0.3) is 0 Å². The number of aromatic nitrogens is 2. The third-order valence-electron chi connectivity index (χ3n) is 3.46. The van der Waals surface area contributed by atoms with Crippen molar-refractivity contribution in [3.63, 3.8) is 0 Å². The maximum absolute atomic E-state index is 11.2. The lowest BCUT2D eigenvalue weighted by Gasteiger charge is -2.18. The first-order chi connectivity index (χ1) is 9.54. The van der Waals surface area contributed by atoms with E-state index in [0.29, 0.717) is 6.54 Å².